The number of hydrogen-bond donors (Lipinski definition) is 4. The van der Waals surface area contributed by atoms with Crippen LogP contribution in [-0.2, 0) is 28.5 Å². The van der Waals surface area contributed by atoms with Gasteiger partial charge < -0.3 is 30.1 Å². The molecule has 51 heavy (non-hydrogen) atoms. The molecule has 10 atom stereocenters. The van der Waals surface area contributed by atoms with Crippen LogP contribution in [-0.4, -0.2) is 77.0 Å². The van der Waals surface area contributed by atoms with E-state index in [2.05, 4.69) is 10.6 Å². The molecule has 0 radical (unpaired) electrons. The van der Waals surface area contributed by atoms with E-state index in [1.807, 2.05) is 0 Å². The van der Waals surface area contributed by atoms with Crippen LogP contribution in [0.15, 0.2) is 60.7 Å². The van der Waals surface area contributed by atoms with Crippen LogP contribution in [0, 0.1) is 29.6 Å². The number of carboxylic acid groups (broad SMARTS) is 2. The predicted octanol–water partition coefficient (Wildman–Crippen LogP) is 4.76. The van der Waals surface area contributed by atoms with Gasteiger partial charge >= 0.3 is 18.1 Å². The van der Waals surface area contributed by atoms with Crippen molar-refractivity contribution in [3.63, 3.8) is 0 Å². The number of carbonyl (C=O) groups is 4. The van der Waals surface area contributed by atoms with E-state index >= 15 is 4.57 Å². The lowest BCUT2D eigenvalue weighted by molar-refractivity contribution is -0.186. The summed E-state index contributed by atoms with van der Waals surface area (Å²) in [7, 11) is -2.22. The van der Waals surface area contributed by atoms with Gasteiger partial charge in [-0.1, -0.05) is 60.7 Å². The maximum atomic E-state index is 15.6. The molecule has 0 bridgehead atoms. The number of alkyl halides is 3. The number of amides is 1. The first-order chi connectivity index (χ1) is 24.1. The number of rotatable bonds is 11. The molecule has 0 spiro atoms. The number of hydrogen-bond acceptors (Lipinski definition) is 7. The second-order valence-electron chi connectivity index (χ2n) is 14.3. The van der Waals surface area contributed by atoms with Crippen molar-refractivity contribution < 1.29 is 51.9 Å². The van der Waals surface area contributed by atoms with Crippen molar-refractivity contribution in [2.75, 3.05) is 7.05 Å². The van der Waals surface area contributed by atoms with Crippen LogP contribution in [0.25, 0.3) is 0 Å². The summed E-state index contributed by atoms with van der Waals surface area (Å²) in [5, 5.41) is 26.6. The average Bonchev–Trinajstić information content (AvgIpc) is 3.11. The van der Waals surface area contributed by atoms with Gasteiger partial charge in [0.1, 0.15) is 12.9 Å². The minimum atomic E-state index is -4.59. The highest BCUT2D eigenvalue weighted by atomic mass is 31.2. The van der Waals surface area contributed by atoms with E-state index in [0.717, 1.165) is 0 Å². The number of nitrogens with one attached hydrogen (secondary N) is 2. The zero-order valence-electron chi connectivity index (χ0n) is 28.6. The molecule has 3 aliphatic rings. The normalized spacial score (nSPS) is 31.7. The van der Waals surface area contributed by atoms with Gasteiger partial charge in [0.05, 0.1) is 41.5 Å². The van der Waals surface area contributed by atoms with E-state index in [9.17, 15) is 42.6 Å². The van der Waals surface area contributed by atoms with Gasteiger partial charge in [-0.3, -0.25) is 19.2 Å². The molecule has 14 heteroatoms. The first-order valence-electron chi connectivity index (χ1n) is 17.5. The highest BCUT2D eigenvalue weighted by Crippen LogP contribution is 2.56. The summed E-state index contributed by atoms with van der Waals surface area (Å²) in [6.45, 7) is 1.37. The van der Waals surface area contributed by atoms with Crippen molar-refractivity contribution in [3.05, 3.63) is 60.7 Å². The lowest BCUT2D eigenvalue weighted by Gasteiger charge is -2.46. The molecule has 2 aromatic carbocycles. The minimum Gasteiger partial charge on any atom is -0.481 e. The standard InChI is InChI=1S/C37H46F3N2O8P/c1-21(43)27-15-13-23(19-29(27)35(45)46)50-24-14-16-28(30(20-24)36(47)48)34(44)42-32-18-22(37(38,39)40)17-31(41-2)33(32)51(49,25-9-5-3-6-10-25)26-11-7-4-8-12-26/h3-12,22-24,27-33,41H,13-20H2,1-2H3,(H,42,44)(H,45,46)(H,47,48). The van der Waals surface area contributed by atoms with Gasteiger partial charge in [-0.15, -0.1) is 0 Å². The van der Waals surface area contributed by atoms with E-state index in [0.29, 0.717) is 23.5 Å². The fourth-order valence-corrected chi connectivity index (χ4v) is 12.4. The molecule has 0 aromatic heterocycles. The van der Waals surface area contributed by atoms with Crippen LogP contribution in [0.5, 0.6) is 0 Å². The largest absolute Gasteiger partial charge is 0.481 e. The topological polar surface area (TPSA) is 159 Å². The van der Waals surface area contributed by atoms with E-state index in [1.165, 1.54) is 14.0 Å². The Labute approximate surface area is 295 Å². The van der Waals surface area contributed by atoms with Gasteiger partial charge in [0, 0.05) is 28.6 Å². The number of ketones is 1. The monoisotopic (exact) mass is 734 g/mol. The number of Topliss-reactive ketones (excluding diaryl/α,β-unsaturated/α-hetero) is 1. The molecular weight excluding hydrogens is 688 g/mol. The van der Waals surface area contributed by atoms with Crippen LogP contribution in [0.4, 0.5) is 13.2 Å². The Morgan fingerprint density at radius 1 is 0.725 bits per heavy atom. The highest BCUT2D eigenvalue weighted by molar-refractivity contribution is 7.79. The molecule has 10 nitrogen and oxygen atoms in total. The Bertz CT molecular complexity index is 1570. The summed E-state index contributed by atoms with van der Waals surface area (Å²) in [5.74, 6) is -8.90. The van der Waals surface area contributed by atoms with Gasteiger partial charge in [0.15, 0.2) is 0 Å². The molecule has 1 amide bonds. The zero-order chi connectivity index (χ0) is 37.1. The Balaban J connectivity index is 1.40. The molecule has 0 heterocycles. The van der Waals surface area contributed by atoms with Gasteiger partial charge in [-0.25, -0.2) is 0 Å². The Morgan fingerprint density at radius 3 is 1.65 bits per heavy atom. The average molecular weight is 735 g/mol. The Hall–Kier alpha value is -3.54. The quantitative estimate of drug-likeness (QED) is 0.239. The van der Waals surface area contributed by atoms with Crippen molar-refractivity contribution in [1.82, 2.24) is 10.6 Å². The van der Waals surface area contributed by atoms with Crippen molar-refractivity contribution in [2.24, 2.45) is 29.6 Å². The number of carboxylic acids is 2. The number of benzene rings is 2. The second-order valence-corrected chi connectivity index (χ2v) is 17.2. The van der Waals surface area contributed by atoms with Crippen molar-refractivity contribution >= 4 is 41.4 Å². The van der Waals surface area contributed by atoms with E-state index in [1.54, 1.807) is 60.7 Å². The number of carbonyl (C=O) groups excluding carboxylic acids is 2. The third-order valence-electron chi connectivity index (χ3n) is 11.2. The molecule has 3 fully saturated rings. The molecule has 3 saturated carbocycles. The SMILES string of the molecule is CNC1CC(C(F)(F)F)CC(NC(=O)C2CCC(OC3CCC(C(C)=O)C(C(=O)O)C3)CC2C(=O)O)C1P(=O)(c1ccccc1)c1ccccc1. The van der Waals surface area contributed by atoms with Gasteiger partial charge in [0.25, 0.3) is 0 Å². The van der Waals surface area contributed by atoms with Gasteiger partial charge in [0.2, 0.25) is 5.91 Å². The number of halogens is 3. The summed E-state index contributed by atoms with van der Waals surface area (Å²) in [6, 6.07) is 15.0. The Morgan fingerprint density at radius 2 is 1.20 bits per heavy atom. The first kappa shape index (κ1) is 38.7. The molecule has 3 aliphatic carbocycles. The smallest absolute Gasteiger partial charge is 0.391 e. The lowest BCUT2D eigenvalue weighted by atomic mass is 9.75. The summed E-state index contributed by atoms with van der Waals surface area (Å²) in [5.41, 5.74) is -0.981. The third kappa shape index (κ3) is 8.42. The van der Waals surface area contributed by atoms with Gasteiger partial charge in [-0.05, 0) is 65.3 Å². The number of aliphatic carboxylic acids is 2. The van der Waals surface area contributed by atoms with E-state index < -0.39 is 97.1 Å². The molecule has 5 rings (SSSR count). The van der Waals surface area contributed by atoms with E-state index in [4.69, 9.17) is 4.74 Å². The highest BCUT2D eigenvalue weighted by Gasteiger charge is 2.55. The Kier molecular flexibility index (Phi) is 12.1. The summed E-state index contributed by atoms with van der Waals surface area (Å²) in [6.07, 6.45) is -5.38. The number of ether oxygens (including phenoxy) is 1. The van der Waals surface area contributed by atoms with Crippen LogP contribution < -0.4 is 21.2 Å². The molecule has 0 saturated heterocycles. The maximum absolute atomic E-state index is 15.6. The van der Waals surface area contributed by atoms with Crippen LogP contribution in [0.2, 0.25) is 0 Å². The van der Waals surface area contributed by atoms with Crippen LogP contribution >= 0.6 is 7.14 Å². The van der Waals surface area contributed by atoms with Crippen molar-refractivity contribution in [1.29, 1.82) is 0 Å². The molecule has 0 aliphatic heterocycles. The second kappa shape index (κ2) is 16.0. The van der Waals surface area contributed by atoms with Crippen molar-refractivity contribution in [3.8, 4) is 0 Å². The zero-order valence-corrected chi connectivity index (χ0v) is 29.5. The van der Waals surface area contributed by atoms with Crippen LogP contribution in [0.1, 0.15) is 58.3 Å². The minimum absolute atomic E-state index is 0.0528. The molecule has 2 aromatic rings. The van der Waals surface area contributed by atoms with Gasteiger partial charge in [-0.2, -0.15) is 13.2 Å². The molecule has 278 valence electrons. The molecule has 10 unspecified atom stereocenters. The third-order valence-corrected chi connectivity index (χ3v) is 14.9. The summed E-state index contributed by atoms with van der Waals surface area (Å²) in [4.78, 5) is 50.6. The first-order valence-corrected chi connectivity index (χ1v) is 19.3. The molecule has 4 N–H and O–H groups in total. The van der Waals surface area contributed by atoms with E-state index in [-0.39, 0.29) is 37.9 Å². The van der Waals surface area contributed by atoms with Crippen LogP contribution in [0.3, 0.4) is 0 Å². The summed E-state index contributed by atoms with van der Waals surface area (Å²) < 4.78 is 64.9. The fraction of sp³-hybridized carbons (Fsp3) is 0.568. The fourth-order valence-electron chi connectivity index (χ4n) is 8.69. The summed E-state index contributed by atoms with van der Waals surface area (Å²) >= 11 is 0. The van der Waals surface area contributed by atoms with Crippen molar-refractivity contribution in [2.45, 2.75) is 94.4 Å². The molecular formula is C37H46F3N2O8P. The predicted molar refractivity (Wildman–Crippen MR) is 183 cm³/mol. The lowest BCUT2D eigenvalue weighted by Crippen LogP contribution is -2.61. The maximum Gasteiger partial charge on any atom is 0.391 e.